The molecule has 0 unspecified atom stereocenters. The molecule has 2 aromatic carbocycles. The molecule has 122 valence electrons. The highest BCUT2D eigenvalue weighted by molar-refractivity contribution is 5.95. The van der Waals surface area contributed by atoms with Crippen molar-refractivity contribution in [1.82, 2.24) is 20.0 Å². The van der Waals surface area contributed by atoms with Crippen LogP contribution in [0, 0.1) is 17.0 Å². The summed E-state index contributed by atoms with van der Waals surface area (Å²) in [6.45, 7) is 2.01. The predicted octanol–water partition coefficient (Wildman–Crippen LogP) is 3.24. The van der Waals surface area contributed by atoms with Gasteiger partial charge in [0.2, 0.25) is 0 Å². The van der Waals surface area contributed by atoms with Gasteiger partial charge in [0.1, 0.15) is 0 Å². The predicted molar refractivity (Wildman–Crippen MR) is 93.4 cm³/mol. The number of aryl methyl sites for hydroxylation is 1. The van der Waals surface area contributed by atoms with Gasteiger partial charge < -0.3 is 0 Å². The van der Waals surface area contributed by atoms with E-state index in [0.717, 1.165) is 22.0 Å². The van der Waals surface area contributed by atoms with Crippen molar-refractivity contribution in [2.45, 2.75) is 6.92 Å². The van der Waals surface area contributed by atoms with Crippen LogP contribution in [0.5, 0.6) is 0 Å². The zero-order valence-electron chi connectivity index (χ0n) is 13.2. The molecule has 25 heavy (non-hydrogen) atoms. The number of nitro benzene ring substituents is 1. The standard InChI is InChI=1S/C17H12N6O2/c1-11-2-3-12-9-13(17-19-20-21-22(17)16(12)8-11)10-18-14-4-6-15(7-5-14)23(24)25/h2-10H,1H3. The number of benzene rings is 2. The summed E-state index contributed by atoms with van der Waals surface area (Å²) in [5.41, 5.74) is 4.05. The number of aromatic nitrogens is 4. The third kappa shape index (κ3) is 2.69. The quantitative estimate of drug-likeness (QED) is 0.326. The number of nitrogens with zero attached hydrogens (tertiary/aromatic N) is 6. The summed E-state index contributed by atoms with van der Waals surface area (Å²) in [5, 5.41) is 23.6. The van der Waals surface area contributed by atoms with Gasteiger partial charge in [0.15, 0.2) is 5.65 Å². The number of pyridine rings is 1. The summed E-state index contributed by atoms with van der Waals surface area (Å²) in [5.74, 6) is 0. The van der Waals surface area contributed by atoms with Crippen LogP contribution in [0.15, 0.2) is 53.5 Å². The molecule has 0 atom stereocenters. The van der Waals surface area contributed by atoms with Crippen molar-refractivity contribution >= 4 is 34.1 Å². The summed E-state index contributed by atoms with van der Waals surface area (Å²) in [6, 6.07) is 14.1. The molecule has 2 aromatic heterocycles. The highest BCUT2D eigenvalue weighted by Crippen LogP contribution is 2.21. The molecule has 0 N–H and O–H groups in total. The Bertz CT molecular complexity index is 1130. The molecule has 0 spiro atoms. The number of nitro groups is 1. The molecule has 4 aromatic rings. The van der Waals surface area contributed by atoms with Gasteiger partial charge in [-0.05, 0) is 47.2 Å². The zero-order valence-corrected chi connectivity index (χ0v) is 13.2. The first-order valence-electron chi connectivity index (χ1n) is 7.52. The number of tetrazole rings is 1. The van der Waals surface area contributed by atoms with E-state index >= 15 is 0 Å². The fourth-order valence-electron chi connectivity index (χ4n) is 2.62. The highest BCUT2D eigenvalue weighted by Gasteiger charge is 2.09. The van der Waals surface area contributed by atoms with Crippen molar-refractivity contribution in [3.8, 4) is 0 Å². The molecule has 0 bridgehead atoms. The SMILES string of the molecule is Cc1ccc2cc(C=Nc3ccc([N+](=O)[O-])cc3)c3nnnn3c2c1. The Balaban J connectivity index is 1.79. The van der Waals surface area contributed by atoms with Crippen LogP contribution in [0.25, 0.3) is 16.6 Å². The van der Waals surface area contributed by atoms with Gasteiger partial charge in [-0.1, -0.05) is 12.1 Å². The van der Waals surface area contributed by atoms with E-state index in [-0.39, 0.29) is 5.69 Å². The maximum Gasteiger partial charge on any atom is 0.269 e. The lowest BCUT2D eigenvalue weighted by molar-refractivity contribution is -0.384. The van der Waals surface area contributed by atoms with E-state index in [4.69, 9.17) is 0 Å². The van der Waals surface area contributed by atoms with Gasteiger partial charge in [-0.15, -0.1) is 5.10 Å². The lowest BCUT2D eigenvalue weighted by atomic mass is 10.1. The Hall–Kier alpha value is -3.68. The van der Waals surface area contributed by atoms with Crippen molar-refractivity contribution in [2.24, 2.45) is 4.99 Å². The lowest BCUT2D eigenvalue weighted by Crippen LogP contribution is -1.96. The first-order valence-corrected chi connectivity index (χ1v) is 7.52. The molecular formula is C17H12N6O2. The van der Waals surface area contributed by atoms with Gasteiger partial charge in [-0.2, -0.15) is 4.52 Å². The number of rotatable bonds is 3. The molecule has 0 amide bonds. The van der Waals surface area contributed by atoms with Crippen LogP contribution in [-0.2, 0) is 0 Å². The van der Waals surface area contributed by atoms with Gasteiger partial charge in [0.05, 0.1) is 16.1 Å². The maximum atomic E-state index is 10.7. The Morgan fingerprint density at radius 2 is 1.96 bits per heavy atom. The minimum Gasteiger partial charge on any atom is -0.258 e. The van der Waals surface area contributed by atoms with Gasteiger partial charge >= 0.3 is 0 Å². The van der Waals surface area contributed by atoms with E-state index in [1.54, 1.807) is 22.9 Å². The fraction of sp³-hybridized carbons (Fsp3) is 0.0588. The molecule has 0 aliphatic heterocycles. The minimum atomic E-state index is -0.440. The van der Waals surface area contributed by atoms with Crippen LogP contribution >= 0.6 is 0 Å². The Kier molecular flexibility index (Phi) is 3.42. The Labute approximate surface area is 141 Å². The Morgan fingerprint density at radius 3 is 2.72 bits per heavy atom. The van der Waals surface area contributed by atoms with Gasteiger partial charge in [0.25, 0.3) is 5.69 Å². The number of hydrogen-bond donors (Lipinski definition) is 0. The van der Waals surface area contributed by atoms with E-state index in [9.17, 15) is 10.1 Å². The van der Waals surface area contributed by atoms with Crippen molar-refractivity contribution in [3.05, 3.63) is 69.8 Å². The molecule has 0 fully saturated rings. The fourth-order valence-corrected chi connectivity index (χ4v) is 2.62. The third-order valence-corrected chi connectivity index (χ3v) is 3.87. The topological polar surface area (TPSA) is 98.6 Å². The van der Waals surface area contributed by atoms with Crippen LogP contribution in [0.1, 0.15) is 11.1 Å². The van der Waals surface area contributed by atoms with E-state index in [1.807, 2.05) is 31.2 Å². The van der Waals surface area contributed by atoms with Crippen LogP contribution in [0.4, 0.5) is 11.4 Å². The first-order chi connectivity index (χ1) is 12.1. The van der Waals surface area contributed by atoms with E-state index < -0.39 is 4.92 Å². The zero-order chi connectivity index (χ0) is 17.4. The third-order valence-electron chi connectivity index (χ3n) is 3.87. The molecular weight excluding hydrogens is 320 g/mol. The summed E-state index contributed by atoms with van der Waals surface area (Å²) in [7, 11) is 0. The number of non-ortho nitro benzene ring substituents is 1. The summed E-state index contributed by atoms with van der Waals surface area (Å²) in [6.07, 6.45) is 1.66. The van der Waals surface area contributed by atoms with E-state index in [1.165, 1.54) is 12.1 Å². The van der Waals surface area contributed by atoms with Crippen molar-refractivity contribution in [1.29, 1.82) is 0 Å². The van der Waals surface area contributed by atoms with Gasteiger partial charge in [-0.25, -0.2) is 0 Å². The van der Waals surface area contributed by atoms with E-state index in [2.05, 4.69) is 20.5 Å². The highest BCUT2D eigenvalue weighted by atomic mass is 16.6. The molecule has 8 nitrogen and oxygen atoms in total. The number of hydrogen-bond acceptors (Lipinski definition) is 6. The summed E-state index contributed by atoms with van der Waals surface area (Å²) >= 11 is 0. The largest absolute Gasteiger partial charge is 0.269 e. The molecule has 2 heterocycles. The van der Waals surface area contributed by atoms with Crippen LogP contribution in [0.2, 0.25) is 0 Å². The second-order valence-corrected chi connectivity index (χ2v) is 5.61. The Morgan fingerprint density at radius 1 is 1.16 bits per heavy atom. The number of aliphatic imine (C=N–C) groups is 1. The van der Waals surface area contributed by atoms with Crippen LogP contribution < -0.4 is 0 Å². The maximum absolute atomic E-state index is 10.7. The van der Waals surface area contributed by atoms with E-state index in [0.29, 0.717) is 11.3 Å². The smallest absolute Gasteiger partial charge is 0.258 e. The molecule has 0 aliphatic carbocycles. The van der Waals surface area contributed by atoms with Gasteiger partial charge in [-0.3, -0.25) is 15.1 Å². The summed E-state index contributed by atoms with van der Waals surface area (Å²) < 4.78 is 1.68. The summed E-state index contributed by atoms with van der Waals surface area (Å²) in [4.78, 5) is 14.6. The monoisotopic (exact) mass is 332 g/mol. The normalized spacial score (nSPS) is 11.6. The molecule has 4 rings (SSSR count). The second-order valence-electron chi connectivity index (χ2n) is 5.61. The van der Waals surface area contributed by atoms with Crippen LogP contribution in [0.3, 0.4) is 0 Å². The van der Waals surface area contributed by atoms with Crippen molar-refractivity contribution < 1.29 is 4.92 Å². The van der Waals surface area contributed by atoms with Gasteiger partial charge in [0, 0.05) is 29.3 Å². The average Bonchev–Trinajstić information content (AvgIpc) is 3.10. The second kappa shape index (κ2) is 5.75. The van der Waals surface area contributed by atoms with Crippen LogP contribution in [-0.4, -0.2) is 31.2 Å². The molecule has 0 aliphatic rings. The average molecular weight is 332 g/mol. The minimum absolute atomic E-state index is 0.0315. The molecule has 0 saturated heterocycles. The van der Waals surface area contributed by atoms with Crippen molar-refractivity contribution in [2.75, 3.05) is 0 Å². The molecule has 0 saturated carbocycles. The lowest BCUT2D eigenvalue weighted by Gasteiger charge is -2.04. The first kappa shape index (κ1) is 14.9. The molecule has 8 heteroatoms. The molecule has 0 radical (unpaired) electrons. The number of fused-ring (bicyclic) bond motifs is 3. The van der Waals surface area contributed by atoms with Crippen molar-refractivity contribution in [3.63, 3.8) is 0 Å².